The SMILES string of the molecule is Clc1ccc(I)cc1[C@H]1CCNC1. The number of hydrogen-bond donors (Lipinski definition) is 1. The minimum absolute atomic E-state index is 0.613. The Morgan fingerprint density at radius 1 is 1.46 bits per heavy atom. The highest BCUT2D eigenvalue weighted by Gasteiger charge is 2.18. The second-order valence-electron chi connectivity index (χ2n) is 3.36. The van der Waals surface area contributed by atoms with Gasteiger partial charge in [0.1, 0.15) is 0 Å². The third kappa shape index (κ3) is 2.17. The van der Waals surface area contributed by atoms with E-state index in [1.165, 1.54) is 15.6 Å². The lowest BCUT2D eigenvalue weighted by atomic mass is 9.99. The fourth-order valence-corrected chi connectivity index (χ4v) is 2.53. The summed E-state index contributed by atoms with van der Waals surface area (Å²) in [4.78, 5) is 0. The molecule has 1 N–H and O–H groups in total. The third-order valence-electron chi connectivity index (χ3n) is 2.46. The molecule has 0 amide bonds. The second-order valence-corrected chi connectivity index (χ2v) is 5.01. The Bertz CT molecular complexity index is 308. The van der Waals surface area contributed by atoms with Gasteiger partial charge in [0.2, 0.25) is 0 Å². The van der Waals surface area contributed by atoms with E-state index >= 15 is 0 Å². The van der Waals surface area contributed by atoms with E-state index < -0.39 is 0 Å². The van der Waals surface area contributed by atoms with Gasteiger partial charge in [-0.25, -0.2) is 0 Å². The summed E-state index contributed by atoms with van der Waals surface area (Å²) >= 11 is 8.47. The van der Waals surface area contributed by atoms with Crippen LogP contribution in [0, 0.1) is 3.57 Å². The molecule has 1 aliphatic heterocycles. The first-order chi connectivity index (χ1) is 6.27. The summed E-state index contributed by atoms with van der Waals surface area (Å²) < 4.78 is 1.27. The van der Waals surface area contributed by atoms with Gasteiger partial charge in [-0.15, -0.1) is 0 Å². The monoisotopic (exact) mass is 307 g/mol. The number of benzene rings is 1. The zero-order valence-electron chi connectivity index (χ0n) is 7.19. The lowest BCUT2D eigenvalue weighted by molar-refractivity contribution is 0.763. The van der Waals surface area contributed by atoms with Crippen molar-refractivity contribution in [2.24, 2.45) is 0 Å². The molecule has 70 valence electrons. The maximum Gasteiger partial charge on any atom is 0.0442 e. The molecule has 1 fully saturated rings. The van der Waals surface area contributed by atoms with Crippen LogP contribution < -0.4 is 5.32 Å². The molecule has 0 aromatic heterocycles. The van der Waals surface area contributed by atoms with Crippen LogP contribution in [0.5, 0.6) is 0 Å². The fourth-order valence-electron chi connectivity index (χ4n) is 1.75. The number of rotatable bonds is 1. The summed E-state index contributed by atoms with van der Waals surface area (Å²) in [6.07, 6.45) is 1.21. The zero-order chi connectivity index (χ0) is 9.26. The number of nitrogens with one attached hydrogen (secondary N) is 1. The average Bonchev–Trinajstić information content (AvgIpc) is 2.61. The smallest absolute Gasteiger partial charge is 0.0442 e. The number of halogens is 2. The third-order valence-corrected chi connectivity index (χ3v) is 3.47. The molecule has 1 aromatic carbocycles. The van der Waals surface area contributed by atoms with E-state index in [4.69, 9.17) is 11.6 Å². The molecule has 1 aliphatic rings. The Morgan fingerprint density at radius 2 is 2.31 bits per heavy atom. The van der Waals surface area contributed by atoms with E-state index in [-0.39, 0.29) is 0 Å². The van der Waals surface area contributed by atoms with Crippen LogP contribution in [0.1, 0.15) is 17.9 Å². The summed E-state index contributed by atoms with van der Waals surface area (Å²) in [6.45, 7) is 2.19. The highest BCUT2D eigenvalue weighted by molar-refractivity contribution is 14.1. The molecule has 1 aromatic rings. The molecule has 0 unspecified atom stereocenters. The van der Waals surface area contributed by atoms with Crippen molar-refractivity contribution < 1.29 is 0 Å². The maximum absolute atomic E-state index is 6.15. The van der Waals surface area contributed by atoms with Crippen LogP contribution in [0.15, 0.2) is 18.2 Å². The van der Waals surface area contributed by atoms with E-state index in [0.29, 0.717) is 5.92 Å². The molecule has 1 nitrogen and oxygen atoms in total. The van der Waals surface area contributed by atoms with Gasteiger partial charge in [-0.05, 0) is 65.2 Å². The predicted molar refractivity (Wildman–Crippen MR) is 64.4 cm³/mol. The lowest BCUT2D eigenvalue weighted by Gasteiger charge is -2.11. The summed E-state index contributed by atoms with van der Waals surface area (Å²) in [6, 6.07) is 6.24. The largest absolute Gasteiger partial charge is 0.316 e. The van der Waals surface area contributed by atoms with Crippen LogP contribution in [0.25, 0.3) is 0 Å². The highest BCUT2D eigenvalue weighted by Crippen LogP contribution is 2.30. The normalized spacial score (nSPS) is 22.2. The summed E-state index contributed by atoms with van der Waals surface area (Å²) in [5.74, 6) is 0.613. The molecule has 2 rings (SSSR count). The molecular formula is C10H11ClIN. The van der Waals surface area contributed by atoms with Gasteiger partial charge < -0.3 is 5.32 Å². The molecule has 0 bridgehead atoms. The van der Waals surface area contributed by atoms with E-state index in [9.17, 15) is 0 Å². The molecule has 3 heteroatoms. The van der Waals surface area contributed by atoms with Crippen LogP contribution in [-0.4, -0.2) is 13.1 Å². The maximum atomic E-state index is 6.15. The van der Waals surface area contributed by atoms with E-state index in [2.05, 4.69) is 40.0 Å². The second kappa shape index (κ2) is 4.15. The lowest BCUT2D eigenvalue weighted by Crippen LogP contribution is -2.08. The van der Waals surface area contributed by atoms with Crippen molar-refractivity contribution in [2.45, 2.75) is 12.3 Å². The van der Waals surface area contributed by atoms with Gasteiger partial charge in [0.05, 0.1) is 0 Å². The molecule has 1 atom stereocenters. The first-order valence-corrected chi connectivity index (χ1v) is 5.88. The van der Waals surface area contributed by atoms with Crippen molar-refractivity contribution in [3.8, 4) is 0 Å². The van der Waals surface area contributed by atoms with Crippen LogP contribution in [0.3, 0.4) is 0 Å². The van der Waals surface area contributed by atoms with Crippen molar-refractivity contribution in [3.05, 3.63) is 32.4 Å². The average molecular weight is 308 g/mol. The first kappa shape index (κ1) is 9.74. The van der Waals surface area contributed by atoms with E-state index in [1.807, 2.05) is 6.07 Å². The Kier molecular flexibility index (Phi) is 3.11. The van der Waals surface area contributed by atoms with Gasteiger partial charge in [0.15, 0.2) is 0 Å². The Hall–Kier alpha value is 0.200. The first-order valence-electron chi connectivity index (χ1n) is 4.43. The highest BCUT2D eigenvalue weighted by atomic mass is 127. The topological polar surface area (TPSA) is 12.0 Å². The van der Waals surface area contributed by atoms with Gasteiger partial charge >= 0.3 is 0 Å². The van der Waals surface area contributed by atoms with Crippen LogP contribution in [0.4, 0.5) is 0 Å². The van der Waals surface area contributed by atoms with Crippen molar-refractivity contribution in [1.29, 1.82) is 0 Å². The molecule has 1 heterocycles. The van der Waals surface area contributed by atoms with Crippen LogP contribution in [-0.2, 0) is 0 Å². The minimum Gasteiger partial charge on any atom is -0.316 e. The van der Waals surface area contributed by atoms with Crippen molar-refractivity contribution in [1.82, 2.24) is 5.32 Å². The van der Waals surface area contributed by atoms with Crippen LogP contribution >= 0.6 is 34.2 Å². The zero-order valence-corrected chi connectivity index (χ0v) is 10.1. The number of hydrogen-bond acceptors (Lipinski definition) is 1. The van der Waals surface area contributed by atoms with Crippen molar-refractivity contribution in [2.75, 3.05) is 13.1 Å². The standard InChI is InChI=1S/C10H11ClIN/c11-10-2-1-8(12)5-9(10)7-3-4-13-6-7/h1-2,5,7,13H,3-4,6H2/t7-/m0/s1. The Labute approximate surface area is 97.0 Å². The molecule has 0 spiro atoms. The van der Waals surface area contributed by atoms with Gasteiger partial charge in [0, 0.05) is 15.1 Å². The quantitative estimate of drug-likeness (QED) is 0.787. The van der Waals surface area contributed by atoms with Crippen molar-refractivity contribution >= 4 is 34.2 Å². The van der Waals surface area contributed by atoms with Gasteiger partial charge in [0.25, 0.3) is 0 Å². The Morgan fingerprint density at radius 3 is 3.00 bits per heavy atom. The summed E-state index contributed by atoms with van der Waals surface area (Å²) in [5.41, 5.74) is 1.30. The Balaban J connectivity index is 2.32. The van der Waals surface area contributed by atoms with Gasteiger partial charge in [-0.1, -0.05) is 11.6 Å². The molecular weight excluding hydrogens is 296 g/mol. The predicted octanol–water partition coefficient (Wildman–Crippen LogP) is 3.02. The van der Waals surface area contributed by atoms with Crippen molar-refractivity contribution in [3.63, 3.8) is 0 Å². The molecule has 0 saturated carbocycles. The van der Waals surface area contributed by atoms with Gasteiger partial charge in [-0.2, -0.15) is 0 Å². The molecule has 0 aliphatic carbocycles. The molecule has 1 saturated heterocycles. The summed E-state index contributed by atoms with van der Waals surface area (Å²) in [5, 5.41) is 4.27. The molecule has 0 radical (unpaired) electrons. The van der Waals surface area contributed by atoms with Gasteiger partial charge in [-0.3, -0.25) is 0 Å². The van der Waals surface area contributed by atoms with E-state index in [1.54, 1.807) is 0 Å². The summed E-state index contributed by atoms with van der Waals surface area (Å²) in [7, 11) is 0. The minimum atomic E-state index is 0.613. The molecule has 13 heavy (non-hydrogen) atoms. The fraction of sp³-hybridized carbons (Fsp3) is 0.400. The van der Waals surface area contributed by atoms with Crippen LogP contribution in [0.2, 0.25) is 5.02 Å². The van der Waals surface area contributed by atoms with E-state index in [0.717, 1.165) is 18.1 Å².